The molecule has 4 heterocycles. The smallest absolute Gasteiger partial charge is 0.218 e. The molecule has 75 heavy (non-hydrogen) atoms. The minimum absolute atomic E-state index is 0.0255. The minimum atomic E-state index is -2.78. The van der Waals surface area contributed by atoms with Crippen molar-refractivity contribution in [3.05, 3.63) is 57.6 Å². The Balaban J connectivity index is 2.21. The van der Waals surface area contributed by atoms with Crippen molar-refractivity contribution >= 4 is 0 Å². The van der Waals surface area contributed by atoms with E-state index >= 15 is 0 Å². The molecule has 33 heteroatoms. The molecule has 2 saturated heterocycles. The lowest BCUT2D eigenvalue weighted by molar-refractivity contribution is -0.329. The highest BCUT2D eigenvalue weighted by Gasteiger charge is 2.48. The molecule has 0 amide bonds. The zero-order chi connectivity index (χ0) is 56.4. The van der Waals surface area contributed by atoms with Gasteiger partial charge in [-0.1, -0.05) is 0 Å². The number of nitrogens with zero attached hydrogens (tertiary/aromatic N) is 2. The van der Waals surface area contributed by atoms with E-state index in [1.807, 2.05) is 16.7 Å². The van der Waals surface area contributed by atoms with E-state index in [0.717, 1.165) is 0 Å². The maximum atomic E-state index is 11.3. The number of rotatable bonds is 14. The monoisotopic (exact) mass is 1100 g/mol. The minimum Gasteiger partial charge on any atom is -0.506 e. The number of hydrogen-bond donors (Lipinski definition) is 24. The summed E-state index contributed by atoms with van der Waals surface area (Å²) in [5, 5.41) is 235. The second kappa shape index (κ2) is 31.2. The number of aliphatic hydroxyl groups is 22. The largest absolute Gasteiger partial charge is 0.506 e. The number of hydrazine groups is 1. The van der Waals surface area contributed by atoms with Crippen LogP contribution in [0.5, 0.6) is 0 Å². The average molecular weight is 1100 g/mol. The van der Waals surface area contributed by atoms with Crippen molar-refractivity contribution in [3.8, 4) is 0 Å². The molecular formula is C42H74N4O29. The Hall–Kier alpha value is -4.22. The summed E-state index contributed by atoms with van der Waals surface area (Å²) in [5.41, 5.74) is 2.61. The van der Waals surface area contributed by atoms with Gasteiger partial charge in [0.2, 0.25) is 31.5 Å². The molecule has 0 aromatic rings. The molecule has 25 N–H and O–H groups in total. The van der Waals surface area contributed by atoms with E-state index in [4.69, 9.17) is 39.0 Å². The third-order valence-electron chi connectivity index (χ3n) is 12.1. The number of hydrogen-bond acceptors (Lipinski definition) is 33. The summed E-state index contributed by atoms with van der Waals surface area (Å²) in [6.45, 7) is -1.29. The quantitative estimate of drug-likeness (QED) is 0.0569. The Morgan fingerprint density at radius 3 is 1.08 bits per heavy atom. The molecule has 0 aromatic carbocycles. The van der Waals surface area contributed by atoms with Gasteiger partial charge in [-0.2, -0.15) is 0 Å². The lowest BCUT2D eigenvalue weighted by atomic mass is 9.98. The first-order chi connectivity index (χ1) is 35.4. The van der Waals surface area contributed by atoms with Gasteiger partial charge in [0.15, 0.2) is 63.9 Å². The first-order valence-corrected chi connectivity index (χ1v) is 23.3. The fourth-order valence-electron chi connectivity index (χ4n) is 7.64. The number of fused-ring (bicyclic) bond motifs is 22. The molecule has 0 aromatic heterocycles. The van der Waals surface area contributed by atoms with Crippen LogP contribution in [-0.2, 0) is 33.2 Å². The van der Waals surface area contributed by atoms with Crippen LogP contribution >= 0.6 is 0 Å². The van der Waals surface area contributed by atoms with Crippen molar-refractivity contribution in [2.24, 2.45) is 5.84 Å². The fraction of sp³-hybridized carbons (Fsp3) is 0.762. The fourth-order valence-corrected chi connectivity index (χ4v) is 7.64. The lowest BCUT2D eigenvalue weighted by Gasteiger charge is -2.43. The first kappa shape index (κ1) is 65.1. The van der Waals surface area contributed by atoms with Crippen molar-refractivity contribution in [1.29, 1.82) is 0 Å². The van der Waals surface area contributed by atoms with Gasteiger partial charge in [-0.25, -0.2) is 5.43 Å². The highest BCUT2D eigenvalue weighted by Crippen LogP contribution is 2.31. The molecule has 0 saturated carbocycles. The number of nitrogens with two attached hydrogens (primary N) is 1. The summed E-state index contributed by atoms with van der Waals surface area (Å²) in [6, 6.07) is 0. The normalized spacial score (nSPS) is 39.6. The van der Waals surface area contributed by atoms with Gasteiger partial charge in [-0.05, 0) is 13.3 Å². The van der Waals surface area contributed by atoms with E-state index in [1.165, 1.54) is 0 Å². The maximum Gasteiger partial charge on any atom is 0.218 e. The molecule has 16 unspecified atom stereocenters. The third-order valence-corrected chi connectivity index (χ3v) is 12.1. The molecule has 0 radical (unpaired) electrons. The predicted octanol–water partition coefficient (Wildman–Crippen LogP) is -5.67. The van der Waals surface area contributed by atoms with Crippen LogP contribution < -0.4 is 11.3 Å². The summed E-state index contributed by atoms with van der Waals surface area (Å²) in [6.07, 6.45) is -38.5. The Kier molecular flexibility index (Phi) is 27.1. The number of piperazine rings is 1. The van der Waals surface area contributed by atoms with Crippen LogP contribution in [0.2, 0.25) is 0 Å². The molecule has 33 nitrogen and oxygen atoms in total. The van der Waals surface area contributed by atoms with Gasteiger partial charge in [-0.15, -0.1) is 0 Å². The zero-order valence-electron chi connectivity index (χ0n) is 40.5. The molecule has 4 aliphatic heterocycles. The molecule has 16 atom stereocenters. The van der Waals surface area contributed by atoms with Crippen molar-refractivity contribution in [2.45, 2.75) is 138 Å². The van der Waals surface area contributed by atoms with Crippen molar-refractivity contribution in [2.75, 3.05) is 65.8 Å². The Labute approximate surface area is 427 Å². The second-order valence-electron chi connectivity index (χ2n) is 17.1. The van der Waals surface area contributed by atoms with Gasteiger partial charge in [0.05, 0.1) is 12.8 Å². The third kappa shape index (κ3) is 17.6. The number of aliphatic hydroxyl groups excluding tert-OH is 22. The molecule has 4 rings (SSSR count). The number of ether oxygens (including phenoxy) is 7. The summed E-state index contributed by atoms with van der Waals surface area (Å²) in [7, 11) is 0. The summed E-state index contributed by atoms with van der Waals surface area (Å²) in [4.78, 5) is 3.81. The van der Waals surface area contributed by atoms with Crippen LogP contribution in [0.15, 0.2) is 57.6 Å². The van der Waals surface area contributed by atoms with Crippen molar-refractivity contribution in [1.82, 2.24) is 15.2 Å². The van der Waals surface area contributed by atoms with E-state index in [9.17, 15) is 112 Å². The second-order valence-corrected chi connectivity index (χ2v) is 17.1. The van der Waals surface area contributed by atoms with Crippen molar-refractivity contribution in [3.63, 3.8) is 0 Å². The van der Waals surface area contributed by atoms with Gasteiger partial charge in [0.25, 0.3) is 0 Å². The highest BCUT2D eigenvalue weighted by atomic mass is 16.7. The van der Waals surface area contributed by atoms with Gasteiger partial charge in [0.1, 0.15) is 54.9 Å². The van der Waals surface area contributed by atoms with E-state index in [1.54, 1.807) is 0 Å². The molecule has 2 fully saturated rings. The molecule has 0 spiro atoms. The van der Waals surface area contributed by atoms with E-state index in [-0.39, 0.29) is 12.7 Å². The van der Waals surface area contributed by atoms with Crippen LogP contribution in [0, 0.1) is 0 Å². The van der Waals surface area contributed by atoms with Crippen LogP contribution in [0.1, 0.15) is 39.0 Å². The highest BCUT2D eigenvalue weighted by molar-refractivity contribution is 5.14. The maximum absolute atomic E-state index is 11.3. The molecule has 2 bridgehead atoms. The molecule has 436 valence electrons. The predicted molar refractivity (Wildman–Crippen MR) is 245 cm³/mol. The standard InChI is InChI=1S/C42H74N4O29/c1-17(44-43)46-10-8-45(9-11-46)7-2-18-24(52)30(58)38(65)72-21(5-14-49)27(55)34(62)41(68)75-36-23(16-51)74-42(35(63)29(36)57)73-22(6-15-50)28(56)33(61)40(67)71-20(4-13-48)26(54)32(60)39(66)70-19(3-12-47)25(53)31(59)37(64)69-18/h17-23,29,35-42,44,47-68H,2-16,43H2,1H3/b30-24+,31-25-,32-26+,33-28-,34-27+. The average Bonchev–Trinajstić information content (AvgIpc) is 3.40. The summed E-state index contributed by atoms with van der Waals surface area (Å²) in [5.74, 6) is -9.33. The Morgan fingerprint density at radius 2 is 0.760 bits per heavy atom. The lowest BCUT2D eigenvalue weighted by Crippen LogP contribution is -2.61. The van der Waals surface area contributed by atoms with Crippen LogP contribution in [0.25, 0.3) is 0 Å². The van der Waals surface area contributed by atoms with Crippen LogP contribution in [-0.4, -0.2) is 287 Å². The Bertz CT molecular complexity index is 1900. The Morgan fingerprint density at radius 1 is 0.440 bits per heavy atom. The molecular weight excluding hydrogens is 1020 g/mol. The van der Waals surface area contributed by atoms with Gasteiger partial charge in [0, 0.05) is 84.8 Å². The van der Waals surface area contributed by atoms with Crippen LogP contribution in [0.4, 0.5) is 0 Å². The first-order valence-electron chi connectivity index (χ1n) is 23.3. The zero-order valence-corrected chi connectivity index (χ0v) is 40.5. The SMILES string of the molecule is CC(NN)N1CCN(CCC2OC(O)/C(O)=C(/O)C(CCO)OC(O)/C(O)=C(\O)C(CCO)OC(O)/C(O)=C(/O)C(CCO)OC3OC(CO)C(OC(O)/C(O)=C(\O)C(CCO)OC(O)/C(O)=C/2O)C(O)C3O)CC1. The van der Waals surface area contributed by atoms with Crippen LogP contribution in [0.3, 0.4) is 0 Å². The number of nitrogens with one attached hydrogen (secondary N) is 1. The van der Waals surface area contributed by atoms with E-state index < -0.39 is 215 Å². The molecule has 4 aliphatic rings. The topological polar surface area (TPSA) is 554 Å². The van der Waals surface area contributed by atoms with Gasteiger partial charge >= 0.3 is 0 Å². The van der Waals surface area contributed by atoms with Gasteiger partial charge < -0.3 is 150 Å². The summed E-state index contributed by atoms with van der Waals surface area (Å²) < 4.78 is 37.0. The van der Waals surface area contributed by atoms with Crippen molar-refractivity contribution < 1.29 is 146 Å². The molecule has 0 aliphatic carbocycles. The summed E-state index contributed by atoms with van der Waals surface area (Å²) >= 11 is 0. The van der Waals surface area contributed by atoms with Gasteiger partial charge in [-0.3, -0.25) is 10.7 Å². The van der Waals surface area contributed by atoms with E-state index in [0.29, 0.717) is 26.2 Å². The van der Waals surface area contributed by atoms with E-state index in [2.05, 4.69) is 5.43 Å².